The van der Waals surface area contributed by atoms with Gasteiger partial charge in [0.2, 0.25) is 0 Å². The molecule has 0 aromatic heterocycles. The van der Waals surface area contributed by atoms with Crippen LogP contribution in [-0.4, -0.2) is 52.1 Å². The van der Waals surface area contributed by atoms with E-state index in [4.69, 9.17) is 18.6 Å². The van der Waals surface area contributed by atoms with Crippen LogP contribution in [0.4, 0.5) is 0 Å². The average molecular weight is 411 g/mol. The quantitative estimate of drug-likeness (QED) is 0.479. The van der Waals surface area contributed by atoms with Crippen molar-refractivity contribution in [1.82, 2.24) is 0 Å². The Bertz CT molecular complexity index is 582. The van der Waals surface area contributed by atoms with Crippen molar-refractivity contribution >= 4 is 8.32 Å². The topological polar surface area (TPSA) is 57.2 Å². The third kappa shape index (κ3) is 7.15. The van der Waals surface area contributed by atoms with Crippen molar-refractivity contribution in [2.45, 2.75) is 83.1 Å². The Balaban J connectivity index is 1.73. The van der Waals surface area contributed by atoms with Crippen LogP contribution in [0.1, 0.15) is 45.6 Å². The molecule has 1 heterocycles. The maximum absolute atomic E-state index is 10.2. The van der Waals surface area contributed by atoms with Gasteiger partial charge in [0.15, 0.2) is 8.32 Å². The van der Waals surface area contributed by atoms with Gasteiger partial charge >= 0.3 is 0 Å². The standard InChI is InChI=1S/C22H38O5Si/c1-22(2,3)28(5,6)26-16-21-14-18(23)13-20(27-21)11-12-25-15-17-7-9-19(24-4)10-8-17/h7-10,18,20-21,23H,11-16H2,1-6H3/t18-,20+,21+/m1/s1. The van der Waals surface area contributed by atoms with Gasteiger partial charge in [-0.1, -0.05) is 32.9 Å². The summed E-state index contributed by atoms with van der Waals surface area (Å²) in [7, 11) is -0.142. The Morgan fingerprint density at radius 2 is 1.75 bits per heavy atom. The van der Waals surface area contributed by atoms with Crippen molar-refractivity contribution in [2.75, 3.05) is 20.3 Å². The van der Waals surface area contributed by atoms with Crippen molar-refractivity contribution in [3.63, 3.8) is 0 Å². The van der Waals surface area contributed by atoms with Gasteiger partial charge in [0.25, 0.3) is 0 Å². The van der Waals surface area contributed by atoms with Crippen LogP contribution in [0.3, 0.4) is 0 Å². The summed E-state index contributed by atoms with van der Waals surface area (Å²) >= 11 is 0. The Hall–Kier alpha value is -0.923. The molecular weight excluding hydrogens is 372 g/mol. The van der Waals surface area contributed by atoms with Gasteiger partial charge in [0, 0.05) is 13.0 Å². The van der Waals surface area contributed by atoms with Crippen molar-refractivity contribution in [3.05, 3.63) is 29.8 Å². The highest BCUT2D eigenvalue weighted by Crippen LogP contribution is 2.37. The minimum Gasteiger partial charge on any atom is -0.497 e. The molecule has 0 unspecified atom stereocenters. The Morgan fingerprint density at radius 3 is 2.36 bits per heavy atom. The number of hydrogen-bond acceptors (Lipinski definition) is 5. The number of benzene rings is 1. The summed E-state index contributed by atoms with van der Waals surface area (Å²) in [6, 6.07) is 7.89. The fourth-order valence-electron chi connectivity index (χ4n) is 3.02. The Morgan fingerprint density at radius 1 is 1.11 bits per heavy atom. The monoisotopic (exact) mass is 410 g/mol. The molecular formula is C22H38O5Si. The highest BCUT2D eigenvalue weighted by Gasteiger charge is 2.38. The Kier molecular flexibility index (Phi) is 8.52. The van der Waals surface area contributed by atoms with Crippen LogP contribution in [0.5, 0.6) is 5.75 Å². The molecule has 5 nitrogen and oxygen atoms in total. The van der Waals surface area contributed by atoms with Crippen LogP contribution >= 0.6 is 0 Å². The third-order valence-corrected chi connectivity index (χ3v) is 10.4. The van der Waals surface area contributed by atoms with Crippen LogP contribution < -0.4 is 4.74 Å². The maximum atomic E-state index is 10.2. The number of hydrogen-bond donors (Lipinski definition) is 1. The lowest BCUT2D eigenvalue weighted by Gasteiger charge is -2.39. The summed E-state index contributed by atoms with van der Waals surface area (Å²) in [6.07, 6.45) is 1.76. The molecule has 0 radical (unpaired) electrons. The first-order valence-corrected chi connectivity index (χ1v) is 13.2. The first-order valence-electron chi connectivity index (χ1n) is 10.3. The van der Waals surface area contributed by atoms with E-state index in [1.165, 1.54) is 0 Å². The van der Waals surface area contributed by atoms with Crippen molar-refractivity contribution in [2.24, 2.45) is 0 Å². The first-order chi connectivity index (χ1) is 13.1. The zero-order valence-electron chi connectivity index (χ0n) is 18.4. The molecule has 1 saturated heterocycles. The van der Waals surface area contributed by atoms with Gasteiger partial charge < -0.3 is 23.7 Å². The normalized spacial score (nSPS) is 23.6. The molecule has 2 rings (SSSR count). The summed E-state index contributed by atoms with van der Waals surface area (Å²) in [5.74, 6) is 0.847. The summed E-state index contributed by atoms with van der Waals surface area (Å²) in [4.78, 5) is 0. The zero-order valence-corrected chi connectivity index (χ0v) is 19.4. The molecule has 28 heavy (non-hydrogen) atoms. The van der Waals surface area contributed by atoms with Crippen LogP contribution in [-0.2, 0) is 20.5 Å². The number of aliphatic hydroxyl groups is 1. The molecule has 1 aromatic rings. The summed E-state index contributed by atoms with van der Waals surface area (Å²) in [5, 5.41) is 10.4. The molecule has 0 saturated carbocycles. The van der Waals surface area contributed by atoms with E-state index in [1.54, 1.807) is 7.11 Å². The van der Waals surface area contributed by atoms with Crippen molar-refractivity contribution < 1.29 is 23.7 Å². The van der Waals surface area contributed by atoms with Gasteiger partial charge in [0.1, 0.15) is 5.75 Å². The van der Waals surface area contributed by atoms with Gasteiger partial charge in [-0.25, -0.2) is 0 Å². The van der Waals surface area contributed by atoms with E-state index in [-0.39, 0.29) is 23.4 Å². The molecule has 6 heteroatoms. The Labute approximate surface area is 171 Å². The lowest BCUT2D eigenvalue weighted by Crippen LogP contribution is -2.45. The lowest BCUT2D eigenvalue weighted by atomic mass is 9.99. The lowest BCUT2D eigenvalue weighted by molar-refractivity contribution is -0.117. The van der Waals surface area contributed by atoms with Gasteiger partial charge in [-0.2, -0.15) is 0 Å². The number of aliphatic hydroxyl groups excluding tert-OH is 1. The minimum absolute atomic E-state index is 0.0210. The molecule has 0 amide bonds. The van der Waals surface area contributed by atoms with Crippen LogP contribution in [0.25, 0.3) is 0 Å². The summed E-state index contributed by atoms with van der Waals surface area (Å²) in [5.41, 5.74) is 1.12. The SMILES string of the molecule is COc1ccc(COCC[C@H]2C[C@@H](O)C[C@@H](CO[Si](C)(C)C(C)(C)C)O2)cc1. The summed E-state index contributed by atoms with van der Waals surface area (Å²) < 4.78 is 23.4. The highest BCUT2D eigenvalue weighted by molar-refractivity contribution is 6.74. The predicted molar refractivity (Wildman–Crippen MR) is 114 cm³/mol. The molecule has 3 atom stereocenters. The van der Waals surface area contributed by atoms with Crippen LogP contribution in [0.2, 0.25) is 18.1 Å². The smallest absolute Gasteiger partial charge is 0.192 e. The summed E-state index contributed by atoms with van der Waals surface area (Å²) in [6.45, 7) is 12.9. The molecule has 1 aliphatic rings. The van der Waals surface area contributed by atoms with Crippen molar-refractivity contribution in [3.8, 4) is 5.75 Å². The fraction of sp³-hybridized carbons (Fsp3) is 0.727. The molecule has 0 spiro atoms. The second-order valence-electron chi connectivity index (χ2n) is 9.27. The van der Waals surface area contributed by atoms with Gasteiger partial charge in [-0.15, -0.1) is 0 Å². The number of rotatable bonds is 9. The van der Waals surface area contributed by atoms with Crippen molar-refractivity contribution in [1.29, 1.82) is 0 Å². The van der Waals surface area contributed by atoms with Gasteiger partial charge in [0.05, 0.1) is 38.6 Å². The molecule has 0 aliphatic carbocycles. The van der Waals surface area contributed by atoms with E-state index in [2.05, 4.69) is 33.9 Å². The van der Waals surface area contributed by atoms with Gasteiger partial charge in [-0.05, 0) is 48.7 Å². The molecule has 1 fully saturated rings. The zero-order chi connectivity index (χ0) is 20.8. The van der Waals surface area contributed by atoms with Gasteiger partial charge in [-0.3, -0.25) is 0 Å². The van der Waals surface area contributed by atoms with E-state index in [0.717, 1.165) is 17.7 Å². The largest absolute Gasteiger partial charge is 0.497 e. The molecule has 160 valence electrons. The minimum atomic E-state index is -1.80. The average Bonchev–Trinajstić information content (AvgIpc) is 2.63. The van der Waals surface area contributed by atoms with E-state index < -0.39 is 8.32 Å². The van der Waals surface area contributed by atoms with E-state index in [0.29, 0.717) is 32.7 Å². The van der Waals surface area contributed by atoms with Crippen LogP contribution in [0, 0.1) is 0 Å². The highest BCUT2D eigenvalue weighted by atomic mass is 28.4. The second-order valence-corrected chi connectivity index (χ2v) is 14.1. The van der Waals surface area contributed by atoms with Crippen LogP contribution in [0.15, 0.2) is 24.3 Å². The van der Waals surface area contributed by atoms with E-state index in [1.807, 2.05) is 24.3 Å². The number of ether oxygens (including phenoxy) is 3. The number of methoxy groups -OCH3 is 1. The molecule has 1 aromatic carbocycles. The molecule has 1 N–H and O–H groups in total. The molecule has 1 aliphatic heterocycles. The second kappa shape index (κ2) is 10.2. The molecule has 0 bridgehead atoms. The van der Waals surface area contributed by atoms with E-state index in [9.17, 15) is 5.11 Å². The maximum Gasteiger partial charge on any atom is 0.192 e. The fourth-order valence-corrected chi connectivity index (χ4v) is 4.06. The predicted octanol–water partition coefficient (Wildman–Crippen LogP) is 4.53. The van der Waals surface area contributed by atoms with E-state index >= 15 is 0 Å². The first kappa shape index (κ1) is 23.4. The third-order valence-electron chi connectivity index (χ3n) is 5.90.